The maximum atomic E-state index is 13.8. The Bertz CT molecular complexity index is 771. The van der Waals surface area contributed by atoms with Crippen LogP contribution in [0.4, 0.5) is 15.8 Å². The van der Waals surface area contributed by atoms with Crippen LogP contribution in [0.1, 0.15) is 23.2 Å². The Morgan fingerprint density at radius 2 is 2.38 bits per heavy atom. The van der Waals surface area contributed by atoms with Crippen LogP contribution in [0.25, 0.3) is 0 Å². The molecular formula is C15H15FN4O4. The van der Waals surface area contributed by atoms with Crippen molar-refractivity contribution in [2.24, 2.45) is 0 Å². The molecule has 1 aromatic heterocycles. The molecule has 0 aliphatic carbocycles. The number of carbonyl (C=O) groups excluding carboxylic acids is 1. The summed E-state index contributed by atoms with van der Waals surface area (Å²) in [7, 11) is 0. The first-order valence-corrected chi connectivity index (χ1v) is 7.42. The maximum absolute atomic E-state index is 13.8. The van der Waals surface area contributed by atoms with Crippen LogP contribution in [0.2, 0.25) is 0 Å². The number of nitrogens with zero attached hydrogens (tertiary/aromatic N) is 3. The molecule has 0 saturated carbocycles. The van der Waals surface area contributed by atoms with Gasteiger partial charge in [0, 0.05) is 18.9 Å². The number of hydrogen-bond acceptors (Lipinski definition) is 5. The van der Waals surface area contributed by atoms with E-state index in [-0.39, 0.29) is 11.7 Å². The second kappa shape index (κ2) is 6.75. The van der Waals surface area contributed by atoms with E-state index in [0.717, 1.165) is 37.6 Å². The number of hydrogen-bond donors (Lipinski definition) is 1. The molecule has 2 heterocycles. The van der Waals surface area contributed by atoms with E-state index < -0.39 is 22.3 Å². The lowest BCUT2D eigenvalue weighted by molar-refractivity contribution is -0.385. The van der Waals surface area contributed by atoms with Crippen LogP contribution in [-0.4, -0.2) is 33.3 Å². The summed E-state index contributed by atoms with van der Waals surface area (Å²) in [4.78, 5) is 22.0. The van der Waals surface area contributed by atoms with Gasteiger partial charge >= 0.3 is 0 Å². The molecule has 1 fully saturated rings. The minimum absolute atomic E-state index is 0.112. The van der Waals surface area contributed by atoms with E-state index in [0.29, 0.717) is 12.2 Å². The zero-order chi connectivity index (χ0) is 17.1. The number of ether oxygens (including phenoxy) is 1. The van der Waals surface area contributed by atoms with Crippen LogP contribution < -0.4 is 5.32 Å². The van der Waals surface area contributed by atoms with Crippen LogP contribution in [0, 0.1) is 15.9 Å². The van der Waals surface area contributed by atoms with Gasteiger partial charge in [0.15, 0.2) is 0 Å². The van der Waals surface area contributed by atoms with Gasteiger partial charge in [0.05, 0.1) is 41.1 Å². The summed E-state index contributed by atoms with van der Waals surface area (Å²) in [5.74, 6) is -1.65. The molecule has 1 aromatic carbocycles. The Labute approximate surface area is 136 Å². The predicted molar refractivity (Wildman–Crippen MR) is 82.2 cm³/mol. The van der Waals surface area contributed by atoms with Crippen molar-refractivity contribution in [3.63, 3.8) is 0 Å². The fraction of sp³-hybridized carbons (Fsp3) is 0.333. The lowest BCUT2D eigenvalue weighted by Crippen LogP contribution is -2.15. The zero-order valence-corrected chi connectivity index (χ0v) is 12.6. The SMILES string of the molecule is O=C(Nc1cnn(CC2CCCO2)c1)c1ccc([N+](=O)[O-])cc1F. The number of halogens is 1. The summed E-state index contributed by atoms with van der Waals surface area (Å²) in [5, 5.41) is 17.2. The van der Waals surface area contributed by atoms with Crippen LogP contribution in [0.15, 0.2) is 30.6 Å². The molecule has 1 unspecified atom stereocenters. The van der Waals surface area contributed by atoms with E-state index in [2.05, 4.69) is 10.4 Å². The van der Waals surface area contributed by atoms with E-state index in [1.54, 1.807) is 10.9 Å². The van der Waals surface area contributed by atoms with Gasteiger partial charge in [0.2, 0.25) is 0 Å². The first-order valence-electron chi connectivity index (χ1n) is 7.42. The van der Waals surface area contributed by atoms with Gasteiger partial charge in [-0.1, -0.05) is 0 Å². The van der Waals surface area contributed by atoms with Gasteiger partial charge in [-0.25, -0.2) is 4.39 Å². The minimum Gasteiger partial charge on any atom is -0.376 e. The summed E-state index contributed by atoms with van der Waals surface area (Å²) in [6, 6.07) is 2.88. The Kier molecular flexibility index (Phi) is 4.52. The molecule has 0 bridgehead atoms. The van der Waals surface area contributed by atoms with Crippen LogP contribution in [0.5, 0.6) is 0 Å². The number of nitro benzene ring substituents is 1. The molecule has 1 N–H and O–H groups in total. The van der Waals surface area contributed by atoms with Crippen molar-refractivity contribution in [3.8, 4) is 0 Å². The van der Waals surface area contributed by atoms with Crippen LogP contribution >= 0.6 is 0 Å². The van der Waals surface area contributed by atoms with Crippen molar-refractivity contribution in [2.75, 3.05) is 11.9 Å². The third kappa shape index (κ3) is 3.57. The van der Waals surface area contributed by atoms with E-state index in [9.17, 15) is 19.3 Å². The molecule has 2 aromatic rings. The summed E-state index contributed by atoms with van der Waals surface area (Å²) in [5.41, 5.74) is -0.267. The van der Waals surface area contributed by atoms with Gasteiger partial charge in [-0.05, 0) is 18.9 Å². The molecule has 0 spiro atoms. The molecule has 24 heavy (non-hydrogen) atoms. The number of non-ortho nitro benzene ring substituents is 1. The fourth-order valence-electron chi connectivity index (χ4n) is 2.53. The Morgan fingerprint density at radius 3 is 3.04 bits per heavy atom. The number of amides is 1. The molecule has 126 valence electrons. The van der Waals surface area contributed by atoms with Crippen molar-refractivity contribution < 1.29 is 18.8 Å². The summed E-state index contributed by atoms with van der Waals surface area (Å²) in [6.45, 7) is 1.33. The third-order valence-electron chi connectivity index (χ3n) is 3.71. The lowest BCUT2D eigenvalue weighted by Gasteiger charge is -2.08. The number of carbonyl (C=O) groups is 1. The summed E-state index contributed by atoms with van der Waals surface area (Å²) in [6.07, 6.45) is 5.18. The van der Waals surface area contributed by atoms with Gasteiger partial charge in [-0.15, -0.1) is 0 Å². The van der Waals surface area contributed by atoms with Gasteiger partial charge in [0.25, 0.3) is 11.6 Å². The number of aromatic nitrogens is 2. The smallest absolute Gasteiger partial charge is 0.272 e. The van der Waals surface area contributed by atoms with Crippen molar-refractivity contribution in [2.45, 2.75) is 25.5 Å². The largest absolute Gasteiger partial charge is 0.376 e. The summed E-state index contributed by atoms with van der Waals surface area (Å²) >= 11 is 0. The van der Waals surface area contributed by atoms with Gasteiger partial charge in [-0.2, -0.15) is 5.10 Å². The quantitative estimate of drug-likeness (QED) is 0.668. The Hall–Kier alpha value is -2.81. The highest BCUT2D eigenvalue weighted by Gasteiger charge is 2.18. The zero-order valence-electron chi connectivity index (χ0n) is 12.6. The van der Waals surface area contributed by atoms with Crippen LogP contribution in [-0.2, 0) is 11.3 Å². The number of rotatable bonds is 5. The number of nitro groups is 1. The molecule has 1 aliphatic rings. The second-order valence-electron chi connectivity index (χ2n) is 5.46. The van der Waals surface area contributed by atoms with E-state index in [4.69, 9.17) is 4.74 Å². The normalized spacial score (nSPS) is 17.0. The molecule has 1 saturated heterocycles. The topological polar surface area (TPSA) is 99.3 Å². The highest BCUT2D eigenvalue weighted by Crippen LogP contribution is 2.19. The van der Waals surface area contributed by atoms with Crippen molar-refractivity contribution >= 4 is 17.3 Å². The predicted octanol–water partition coefficient (Wildman–Crippen LogP) is 2.36. The summed E-state index contributed by atoms with van der Waals surface area (Å²) < 4.78 is 21.0. The van der Waals surface area contributed by atoms with Crippen molar-refractivity contribution in [1.82, 2.24) is 9.78 Å². The molecule has 1 atom stereocenters. The molecular weight excluding hydrogens is 319 g/mol. The lowest BCUT2D eigenvalue weighted by atomic mass is 10.2. The Balaban J connectivity index is 1.66. The standard InChI is InChI=1S/C15H15FN4O4/c16-14-6-11(20(22)23)3-4-13(14)15(21)18-10-7-17-19(8-10)9-12-2-1-5-24-12/h3-4,6-8,12H,1-2,5,9H2,(H,18,21). The molecule has 1 aliphatic heterocycles. The number of benzene rings is 1. The molecule has 8 nitrogen and oxygen atoms in total. The fourth-order valence-corrected chi connectivity index (χ4v) is 2.53. The van der Waals surface area contributed by atoms with Crippen LogP contribution in [0.3, 0.4) is 0 Å². The van der Waals surface area contributed by atoms with E-state index in [1.165, 1.54) is 6.20 Å². The van der Waals surface area contributed by atoms with Crippen molar-refractivity contribution in [3.05, 3.63) is 52.1 Å². The Morgan fingerprint density at radius 1 is 1.54 bits per heavy atom. The minimum atomic E-state index is -0.951. The highest BCUT2D eigenvalue weighted by atomic mass is 19.1. The monoisotopic (exact) mass is 334 g/mol. The molecule has 9 heteroatoms. The number of anilines is 1. The number of nitrogens with one attached hydrogen (secondary N) is 1. The third-order valence-corrected chi connectivity index (χ3v) is 3.71. The first-order chi connectivity index (χ1) is 11.5. The van der Waals surface area contributed by atoms with Gasteiger partial charge in [0.1, 0.15) is 5.82 Å². The first kappa shape index (κ1) is 16.1. The molecule has 0 radical (unpaired) electrons. The molecule has 3 rings (SSSR count). The average Bonchev–Trinajstić information content (AvgIpc) is 3.19. The van der Waals surface area contributed by atoms with E-state index in [1.807, 2.05) is 0 Å². The van der Waals surface area contributed by atoms with E-state index >= 15 is 0 Å². The highest BCUT2D eigenvalue weighted by molar-refractivity contribution is 6.04. The van der Waals surface area contributed by atoms with Crippen molar-refractivity contribution in [1.29, 1.82) is 0 Å². The van der Waals surface area contributed by atoms with Gasteiger partial charge in [-0.3, -0.25) is 19.6 Å². The van der Waals surface area contributed by atoms with Gasteiger partial charge < -0.3 is 10.1 Å². The second-order valence-corrected chi connectivity index (χ2v) is 5.46. The average molecular weight is 334 g/mol. The maximum Gasteiger partial charge on any atom is 0.272 e. The molecule has 1 amide bonds.